The van der Waals surface area contributed by atoms with Crippen LogP contribution >= 0.6 is 11.6 Å². The largest absolute Gasteiger partial charge is 0.384 e. The Morgan fingerprint density at radius 3 is 2.68 bits per heavy atom. The van der Waals surface area contributed by atoms with E-state index in [9.17, 15) is 8.78 Å². The molecule has 5 heteroatoms. The minimum absolute atomic E-state index is 0.231. The van der Waals surface area contributed by atoms with Gasteiger partial charge < -0.3 is 5.32 Å². The number of benzene rings is 1. The van der Waals surface area contributed by atoms with Crippen molar-refractivity contribution >= 4 is 28.2 Å². The normalized spacial score (nSPS) is 11.3. The molecule has 0 amide bonds. The highest BCUT2D eigenvalue weighted by atomic mass is 35.5. The third-order valence-electron chi connectivity index (χ3n) is 2.90. The maximum atomic E-state index is 12.9. The number of aryl methyl sites for hydroxylation is 1. The van der Waals surface area contributed by atoms with Crippen molar-refractivity contribution in [3.8, 4) is 0 Å². The van der Waals surface area contributed by atoms with Crippen molar-refractivity contribution in [2.45, 2.75) is 26.7 Å². The van der Waals surface area contributed by atoms with Crippen LogP contribution in [0.1, 0.15) is 31.0 Å². The van der Waals surface area contributed by atoms with Crippen LogP contribution < -0.4 is 5.32 Å². The van der Waals surface area contributed by atoms with Crippen LogP contribution in [0.4, 0.5) is 14.5 Å². The van der Waals surface area contributed by atoms with Gasteiger partial charge in [-0.3, -0.25) is 0 Å². The average Bonchev–Trinajstić information content (AvgIpc) is 2.37. The van der Waals surface area contributed by atoms with Crippen LogP contribution in [0.15, 0.2) is 18.2 Å². The van der Waals surface area contributed by atoms with Gasteiger partial charge in [0.25, 0.3) is 6.43 Å². The highest BCUT2D eigenvalue weighted by Crippen LogP contribution is 2.31. The lowest BCUT2D eigenvalue weighted by atomic mass is 10.1. The molecule has 2 aromatic rings. The fourth-order valence-electron chi connectivity index (χ4n) is 1.89. The van der Waals surface area contributed by atoms with Gasteiger partial charge in [-0.05, 0) is 37.1 Å². The summed E-state index contributed by atoms with van der Waals surface area (Å²) in [5.74, 6) is 0. The lowest BCUT2D eigenvalue weighted by molar-refractivity contribution is 0.146. The third-order valence-corrected chi connectivity index (χ3v) is 3.31. The number of fused-ring (bicyclic) bond motifs is 1. The molecule has 19 heavy (non-hydrogen) atoms. The van der Waals surface area contributed by atoms with Gasteiger partial charge >= 0.3 is 0 Å². The Morgan fingerprint density at radius 1 is 1.32 bits per heavy atom. The minimum atomic E-state index is -2.59. The highest BCUT2D eigenvalue weighted by molar-refractivity contribution is 6.32. The molecule has 2 nitrogen and oxygen atoms in total. The van der Waals surface area contributed by atoms with Crippen molar-refractivity contribution in [1.29, 1.82) is 0 Å². The van der Waals surface area contributed by atoms with Gasteiger partial charge in [0.15, 0.2) is 0 Å². The van der Waals surface area contributed by atoms with E-state index in [1.165, 1.54) is 6.07 Å². The number of alkyl halides is 2. The number of nitrogens with zero attached hydrogens (tertiary/aromatic N) is 1. The first-order valence-electron chi connectivity index (χ1n) is 6.15. The number of anilines is 1. The molecule has 2 rings (SSSR count). The summed E-state index contributed by atoms with van der Waals surface area (Å²) in [6.45, 7) is 4.63. The monoisotopic (exact) mass is 284 g/mol. The van der Waals surface area contributed by atoms with E-state index in [0.717, 1.165) is 23.9 Å². The molecule has 0 aliphatic rings. The average molecular weight is 285 g/mol. The van der Waals surface area contributed by atoms with Crippen LogP contribution in [0, 0.1) is 6.92 Å². The van der Waals surface area contributed by atoms with Gasteiger partial charge in [0, 0.05) is 22.6 Å². The summed E-state index contributed by atoms with van der Waals surface area (Å²) in [5.41, 5.74) is 1.85. The van der Waals surface area contributed by atoms with Crippen LogP contribution in [-0.2, 0) is 0 Å². The number of rotatable bonds is 4. The molecule has 0 saturated heterocycles. The van der Waals surface area contributed by atoms with Crippen molar-refractivity contribution in [1.82, 2.24) is 4.98 Å². The zero-order valence-electron chi connectivity index (χ0n) is 10.8. The molecular formula is C14H15ClF2N2. The van der Waals surface area contributed by atoms with E-state index in [4.69, 9.17) is 11.6 Å². The first-order valence-corrected chi connectivity index (χ1v) is 6.53. The second-order valence-electron chi connectivity index (χ2n) is 4.44. The molecule has 0 aliphatic carbocycles. The quantitative estimate of drug-likeness (QED) is 0.858. The Kier molecular flexibility index (Phi) is 4.20. The molecule has 1 aromatic carbocycles. The van der Waals surface area contributed by atoms with E-state index < -0.39 is 6.43 Å². The van der Waals surface area contributed by atoms with Crippen molar-refractivity contribution in [2.75, 3.05) is 11.9 Å². The molecule has 0 unspecified atom stereocenters. The molecule has 0 atom stereocenters. The molecular weight excluding hydrogens is 270 g/mol. The standard InChI is InChI=1S/C14H15ClF2N2/c1-3-4-18-11-7-13(14(16)17)19-12-6-10(15)8(2)5-9(11)12/h5-7,14H,3-4H2,1-2H3,(H,18,19). The predicted octanol–water partition coefficient (Wildman–Crippen LogP) is 4.96. The summed E-state index contributed by atoms with van der Waals surface area (Å²) in [7, 11) is 0. The Labute approximate surface area is 115 Å². The number of aromatic nitrogens is 1. The van der Waals surface area contributed by atoms with Crippen LogP contribution in [0.5, 0.6) is 0 Å². The van der Waals surface area contributed by atoms with Gasteiger partial charge in [0.1, 0.15) is 5.69 Å². The Morgan fingerprint density at radius 2 is 2.05 bits per heavy atom. The highest BCUT2D eigenvalue weighted by Gasteiger charge is 2.14. The summed E-state index contributed by atoms with van der Waals surface area (Å²) in [4.78, 5) is 3.97. The number of halogens is 3. The summed E-state index contributed by atoms with van der Waals surface area (Å²) >= 11 is 6.03. The van der Waals surface area contributed by atoms with Gasteiger partial charge in [-0.2, -0.15) is 0 Å². The molecule has 0 bridgehead atoms. The molecule has 0 aliphatic heterocycles. The maximum absolute atomic E-state index is 12.9. The molecule has 102 valence electrons. The number of pyridine rings is 1. The van der Waals surface area contributed by atoms with Crippen molar-refractivity contribution < 1.29 is 8.78 Å². The fraction of sp³-hybridized carbons (Fsp3) is 0.357. The Hall–Kier alpha value is -1.42. The van der Waals surface area contributed by atoms with Crippen LogP contribution in [0.3, 0.4) is 0 Å². The Balaban J connectivity index is 2.63. The molecule has 0 saturated carbocycles. The lowest BCUT2D eigenvalue weighted by Gasteiger charge is -2.12. The number of hydrogen-bond donors (Lipinski definition) is 1. The van der Waals surface area contributed by atoms with Gasteiger partial charge in [0.05, 0.1) is 5.52 Å². The van der Waals surface area contributed by atoms with Gasteiger partial charge in [-0.25, -0.2) is 13.8 Å². The minimum Gasteiger partial charge on any atom is -0.384 e. The summed E-state index contributed by atoms with van der Waals surface area (Å²) in [6.07, 6.45) is -1.67. The van der Waals surface area contributed by atoms with Crippen LogP contribution in [0.25, 0.3) is 10.9 Å². The summed E-state index contributed by atoms with van der Waals surface area (Å²) in [6, 6.07) is 4.92. The van der Waals surface area contributed by atoms with Crippen LogP contribution in [0.2, 0.25) is 5.02 Å². The smallest absolute Gasteiger partial charge is 0.280 e. The zero-order valence-corrected chi connectivity index (χ0v) is 11.6. The molecule has 1 aromatic heterocycles. The van der Waals surface area contributed by atoms with Gasteiger partial charge in [-0.15, -0.1) is 0 Å². The fourth-order valence-corrected chi connectivity index (χ4v) is 2.05. The Bertz CT molecular complexity index is 600. The van der Waals surface area contributed by atoms with E-state index in [2.05, 4.69) is 10.3 Å². The van der Waals surface area contributed by atoms with E-state index in [0.29, 0.717) is 16.2 Å². The summed E-state index contributed by atoms with van der Waals surface area (Å²) < 4.78 is 25.7. The molecule has 0 radical (unpaired) electrons. The molecule has 0 fully saturated rings. The number of hydrogen-bond acceptors (Lipinski definition) is 2. The predicted molar refractivity (Wildman–Crippen MR) is 75.2 cm³/mol. The van der Waals surface area contributed by atoms with Crippen molar-refractivity contribution in [2.24, 2.45) is 0 Å². The maximum Gasteiger partial charge on any atom is 0.280 e. The SMILES string of the molecule is CCCNc1cc(C(F)F)nc2cc(Cl)c(C)cc12. The summed E-state index contributed by atoms with van der Waals surface area (Å²) in [5, 5.41) is 4.52. The van der Waals surface area contributed by atoms with Gasteiger partial charge in [0.2, 0.25) is 0 Å². The first kappa shape index (κ1) is 14.0. The lowest BCUT2D eigenvalue weighted by Crippen LogP contribution is -2.03. The third kappa shape index (κ3) is 2.95. The van der Waals surface area contributed by atoms with Crippen molar-refractivity contribution in [3.63, 3.8) is 0 Å². The number of nitrogens with one attached hydrogen (secondary N) is 1. The van der Waals surface area contributed by atoms with Crippen LogP contribution in [-0.4, -0.2) is 11.5 Å². The zero-order chi connectivity index (χ0) is 14.0. The topological polar surface area (TPSA) is 24.9 Å². The first-order chi connectivity index (χ1) is 9.02. The second kappa shape index (κ2) is 5.70. The molecule has 0 spiro atoms. The van der Waals surface area contributed by atoms with Gasteiger partial charge in [-0.1, -0.05) is 18.5 Å². The van der Waals surface area contributed by atoms with E-state index in [-0.39, 0.29) is 5.69 Å². The van der Waals surface area contributed by atoms with E-state index >= 15 is 0 Å². The molecule has 1 N–H and O–H groups in total. The van der Waals surface area contributed by atoms with E-state index in [1.807, 2.05) is 19.9 Å². The second-order valence-corrected chi connectivity index (χ2v) is 4.85. The van der Waals surface area contributed by atoms with E-state index in [1.54, 1.807) is 6.07 Å². The molecule has 1 heterocycles. The van der Waals surface area contributed by atoms with Crippen molar-refractivity contribution in [3.05, 3.63) is 34.5 Å².